The molecule has 334 valence electrons. The maximum Gasteiger partial charge on any atom is 0.0714 e. The van der Waals surface area contributed by atoms with Crippen LogP contribution in [0.5, 0.6) is 0 Å². The molecule has 9 aromatic carbocycles. The van der Waals surface area contributed by atoms with E-state index in [2.05, 4.69) is 281 Å². The van der Waals surface area contributed by atoms with Gasteiger partial charge in [0, 0.05) is 28.3 Å². The zero-order valence-corrected chi connectivity index (χ0v) is 39.9. The Bertz CT molecular complexity index is 3580. The number of rotatable bonds is 8. The molecule has 9 aromatic rings. The molecule has 0 heterocycles. The SMILES string of the molecule is CC1C(c2cccc(-c3ccc(N(c4ccc(-c5cccc6c5C(C)(C)c5ccccc5-6)cc4)c4cccc5c4-c4ccccc4C5(c4ccccc4)c4ccccc4)cc3)c2)=CC=C2C=CC=CC21. The van der Waals surface area contributed by atoms with Crippen LogP contribution in [-0.4, -0.2) is 0 Å². The van der Waals surface area contributed by atoms with Gasteiger partial charge in [-0.05, 0) is 131 Å². The summed E-state index contributed by atoms with van der Waals surface area (Å²) in [5.41, 5.74) is 24.8. The first-order valence-corrected chi connectivity index (χ1v) is 24.9. The van der Waals surface area contributed by atoms with Crippen molar-refractivity contribution in [2.45, 2.75) is 31.6 Å². The molecule has 4 aliphatic rings. The van der Waals surface area contributed by atoms with E-state index in [9.17, 15) is 0 Å². The Morgan fingerprint density at radius 1 is 0.429 bits per heavy atom. The normalized spacial score (nSPS) is 17.4. The number of benzene rings is 9. The van der Waals surface area contributed by atoms with Crippen LogP contribution in [0, 0.1) is 11.8 Å². The largest absolute Gasteiger partial charge is 0.310 e. The maximum absolute atomic E-state index is 2.49. The first kappa shape index (κ1) is 41.9. The summed E-state index contributed by atoms with van der Waals surface area (Å²) in [6.45, 7) is 7.12. The molecular weight excluding hydrogens is 843 g/mol. The molecular formula is C69H53N. The molecule has 2 unspecified atom stereocenters. The predicted octanol–water partition coefficient (Wildman–Crippen LogP) is 17.9. The average molecular weight is 896 g/mol. The average Bonchev–Trinajstić information content (AvgIpc) is 3.86. The van der Waals surface area contributed by atoms with Crippen molar-refractivity contribution in [1.82, 2.24) is 0 Å². The van der Waals surface area contributed by atoms with Gasteiger partial charge in [-0.3, -0.25) is 0 Å². The van der Waals surface area contributed by atoms with Crippen LogP contribution in [0.2, 0.25) is 0 Å². The van der Waals surface area contributed by atoms with Gasteiger partial charge in [0.05, 0.1) is 11.1 Å². The van der Waals surface area contributed by atoms with Crippen LogP contribution in [0.1, 0.15) is 59.7 Å². The van der Waals surface area contributed by atoms with Crippen LogP contribution < -0.4 is 4.90 Å². The molecule has 1 nitrogen and oxygen atoms in total. The molecule has 0 fully saturated rings. The van der Waals surface area contributed by atoms with Gasteiger partial charge in [-0.2, -0.15) is 0 Å². The lowest BCUT2D eigenvalue weighted by Crippen LogP contribution is -2.28. The van der Waals surface area contributed by atoms with Gasteiger partial charge in [-0.1, -0.05) is 239 Å². The Morgan fingerprint density at radius 2 is 1.00 bits per heavy atom. The molecule has 1 heteroatoms. The van der Waals surface area contributed by atoms with Gasteiger partial charge in [0.25, 0.3) is 0 Å². The van der Waals surface area contributed by atoms with E-state index in [4.69, 9.17) is 0 Å². The molecule has 0 bridgehead atoms. The first-order chi connectivity index (χ1) is 34.4. The van der Waals surface area contributed by atoms with E-state index in [0.717, 1.165) is 17.1 Å². The number of fused-ring (bicyclic) bond motifs is 7. The molecule has 4 aliphatic carbocycles. The third-order valence-corrected chi connectivity index (χ3v) is 16.0. The highest BCUT2D eigenvalue weighted by Crippen LogP contribution is 2.60. The van der Waals surface area contributed by atoms with Gasteiger partial charge in [0.15, 0.2) is 0 Å². The van der Waals surface area contributed by atoms with Crippen molar-refractivity contribution in [3.05, 3.63) is 299 Å². The highest BCUT2D eigenvalue weighted by Gasteiger charge is 2.47. The summed E-state index contributed by atoms with van der Waals surface area (Å²) in [5.74, 6) is 0.798. The smallest absolute Gasteiger partial charge is 0.0714 e. The van der Waals surface area contributed by atoms with Gasteiger partial charge in [-0.15, -0.1) is 0 Å². The van der Waals surface area contributed by atoms with Crippen molar-refractivity contribution in [2.24, 2.45) is 11.8 Å². The topological polar surface area (TPSA) is 3.24 Å². The molecule has 2 atom stereocenters. The molecule has 0 N–H and O–H groups in total. The van der Waals surface area contributed by atoms with E-state index < -0.39 is 5.41 Å². The Kier molecular flexibility index (Phi) is 9.85. The number of anilines is 3. The lowest BCUT2D eigenvalue weighted by molar-refractivity contribution is 0.600. The van der Waals surface area contributed by atoms with Crippen molar-refractivity contribution in [3.63, 3.8) is 0 Å². The number of hydrogen-bond acceptors (Lipinski definition) is 1. The first-order valence-electron chi connectivity index (χ1n) is 24.9. The summed E-state index contributed by atoms with van der Waals surface area (Å²) in [6.07, 6.45) is 13.6. The van der Waals surface area contributed by atoms with Gasteiger partial charge < -0.3 is 4.90 Å². The summed E-state index contributed by atoms with van der Waals surface area (Å²) in [5, 5.41) is 0. The quantitative estimate of drug-likeness (QED) is 0.147. The summed E-state index contributed by atoms with van der Waals surface area (Å²) < 4.78 is 0. The molecule has 0 saturated carbocycles. The number of allylic oxidation sites excluding steroid dienone is 8. The second kappa shape index (κ2) is 16.5. The molecule has 0 saturated heterocycles. The molecule has 0 aliphatic heterocycles. The van der Waals surface area contributed by atoms with Crippen LogP contribution in [0.4, 0.5) is 17.1 Å². The molecule has 0 radical (unpaired) electrons. The summed E-state index contributed by atoms with van der Waals surface area (Å²) in [6, 6.07) is 81.7. The minimum absolute atomic E-state index is 0.118. The molecule has 70 heavy (non-hydrogen) atoms. The van der Waals surface area contributed by atoms with Crippen LogP contribution in [0.3, 0.4) is 0 Å². The molecule has 0 aromatic heterocycles. The van der Waals surface area contributed by atoms with Crippen molar-refractivity contribution in [2.75, 3.05) is 4.90 Å². The van der Waals surface area contributed by atoms with Crippen molar-refractivity contribution in [3.8, 4) is 44.5 Å². The second-order valence-corrected chi connectivity index (χ2v) is 20.0. The third kappa shape index (κ3) is 6.38. The van der Waals surface area contributed by atoms with Crippen molar-refractivity contribution < 1.29 is 0 Å². The predicted molar refractivity (Wildman–Crippen MR) is 294 cm³/mol. The number of hydrogen-bond donors (Lipinski definition) is 0. The monoisotopic (exact) mass is 895 g/mol. The maximum atomic E-state index is 2.49. The molecule has 0 amide bonds. The van der Waals surface area contributed by atoms with Crippen LogP contribution in [-0.2, 0) is 10.8 Å². The van der Waals surface area contributed by atoms with Gasteiger partial charge in [0.1, 0.15) is 0 Å². The van der Waals surface area contributed by atoms with E-state index in [-0.39, 0.29) is 5.41 Å². The van der Waals surface area contributed by atoms with E-state index in [1.165, 1.54) is 94.6 Å². The molecule has 0 spiro atoms. The Morgan fingerprint density at radius 3 is 1.73 bits per heavy atom. The van der Waals surface area contributed by atoms with Gasteiger partial charge in [-0.25, -0.2) is 0 Å². The summed E-state index contributed by atoms with van der Waals surface area (Å²) in [4.78, 5) is 2.49. The highest BCUT2D eigenvalue weighted by atomic mass is 15.1. The fourth-order valence-electron chi connectivity index (χ4n) is 12.7. The fraction of sp³-hybridized carbons (Fsp3) is 0.101. The minimum Gasteiger partial charge on any atom is -0.310 e. The summed E-state index contributed by atoms with van der Waals surface area (Å²) >= 11 is 0. The van der Waals surface area contributed by atoms with Gasteiger partial charge in [0.2, 0.25) is 0 Å². The number of nitrogens with zero attached hydrogens (tertiary/aromatic N) is 1. The Balaban J connectivity index is 0.967. The van der Waals surface area contributed by atoms with E-state index >= 15 is 0 Å². The Hall–Kier alpha value is -8.26. The van der Waals surface area contributed by atoms with Crippen molar-refractivity contribution in [1.29, 1.82) is 0 Å². The lowest BCUT2D eigenvalue weighted by atomic mass is 9.68. The van der Waals surface area contributed by atoms with Gasteiger partial charge >= 0.3 is 0 Å². The summed E-state index contributed by atoms with van der Waals surface area (Å²) in [7, 11) is 0. The molecule has 13 rings (SSSR count). The third-order valence-electron chi connectivity index (χ3n) is 16.0. The van der Waals surface area contributed by atoms with E-state index in [0.29, 0.717) is 11.8 Å². The van der Waals surface area contributed by atoms with Crippen LogP contribution in [0.15, 0.2) is 260 Å². The van der Waals surface area contributed by atoms with Crippen LogP contribution >= 0.6 is 0 Å². The van der Waals surface area contributed by atoms with E-state index in [1.807, 2.05) is 0 Å². The highest BCUT2D eigenvalue weighted by molar-refractivity contribution is 5.98. The lowest BCUT2D eigenvalue weighted by Gasteiger charge is -2.34. The Labute approximate surface area is 412 Å². The van der Waals surface area contributed by atoms with E-state index in [1.54, 1.807) is 0 Å². The zero-order chi connectivity index (χ0) is 47.0. The zero-order valence-electron chi connectivity index (χ0n) is 39.9. The second-order valence-electron chi connectivity index (χ2n) is 20.0. The fourth-order valence-corrected chi connectivity index (χ4v) is 12.7. The standard InChI is InChI=1S/C69H53N/c1-46-56-26-11-10-19-48(56)39-44-57(46)51-21-16-20-50(45-51)47-35-40-54(41-36-47)70(55-42-37-49(38-43-55)58-29-17-30-60-59-27-12-14-31-62(59)68(2,3)67(58)60)65-34-18-33-64-66(65)61-28-13-15-32-63(61)69(64,52-22-6-4-7-23-52)53-24-8-5-9-25-53/h4-46,56H,1-3H3. The van der Waals surface area contributed by atoms with Crippen molar-refractivity contribution >= 4 is 22.6 Å². The van der Waals surface area contributed by atoms with Crippen LogP contribution in [0.25, 0.3) is 50.1 Å². The minimum atomic E-state index is -0.514.